The summed E-state index contributed by atoms with van der Waals surface area (Å²) in [4.78, 5) is 0.765. The Bertz CT molecular complexity index is 477. The molecule has 0 aliphatic carbocycles. The Kier molecular flexibility index (Phi) is 2.32. The summed E-state index contributed by atoms with van der Waals surface area (Å²) in [5, 5.41) is 4.00. The van der Waals surface area contributed by atoms with Crippen LogP contribution in [0.25, 0.3) is 10.6 Å². The van der Waals surface area contributed by atoms with Gasteiger partial charge in [0.05, 0.1) is 8.66 Å². The summed E-state index contributed by atoms with van der Waals surface area (Å²) in [6.45, 7) is 0. The predicted octanol–water partition coefficient (Wildman–Crippen LogP) is 2.63. The van der Waals surface area contributed by atoms with Crippen LogP contribution in [0.1, 0.15) is 0 Å². The Morgan fingerprint density at radius 1 is 1.57 bits per heavy atom. The summed E-state index contributed by atoms with van der Waals surface area (Å²) in [7, 11) is 1.62. The predicted molar refractivity (Wildman–Crippen MR) is 58.6 cm³/mol. The van der Waals surface area contributed by atoms with Gasteiger partial charge in [-0.3, -0.25) is 0 Å². The molecule has 0 aliphatic heterocycles. The van der Waals surface area contributed by atoms with E-state index in [0.29, 0.717) is 5.69 Å². The molecule has 0 saturated carbocycles. The van der Waals surface area contributed by atoms with Crippen LogP contribution in [0.5, 0.6) is 0 Å². The lowest BCUT2D eigenvalue weighted by Gasteiger charge is -1.88. The monoisotopic (exact) mass is 275 g/mol. The van der Waals surface area contributed by atoms with Crippen molar-refractivity contribution in [3.8, 4) is 10.6 Å². The number of aryl methyl sites for hydroxylation is 1. The Hall–Kier alpha value is -0.880. The van der Waals surface area contributed by atoms with Gasteiger partial charge in [0.25, 0.3) is 0 Å². The van der Waals surface area contributed by atoms with Gasteiger partial charge in [-0.1, -0.05) is 0 Å². The maximum atomic E-state index is 13.5. The minimum Gasteiger partial charge on any atom is -0.381 e. The standard InChI is InChI=1S/C8H7BrFN3S/c1-13-8(11)6(10)7(12-13)4-2-3-5(9)14-4/h2-3H,11H2,1H3. The molecule has 0 spiro atoms. The van der Waals surface area contributed by atoms with Gasteiger partial charge in [-0.05, 0) is 28.1 Å². The minimum absolute atomic E-state index is 0.0597. The van der Waals surface area contributed by atoms with Crippen LogP contribution in [0, 0.1) is 5.82 Å². The second-order valence-corrected chi connectivity index (χ2v) is 5.24. The van der Waals surface area contributed by atoms with E-state index in [2.05, 4.69) is 21.0 Å². The van der Waals surface area contributed by atoms with Crippen molar-refractivity contribution in [3.63, 3.8) is 0 Å². The number of nitrogens with zero attached hydrogens (tertiary/aromatic N) is 2. The van der Waals surface area contributed by atoms with E-state index in [9.17, 15) is 4.39 Å². The van der Waals surface area contributed by atoms with Gasteiger partial charge in [-0.25, -0.2) is 9.07 Å². The number of nitrogens with two attached hydrogens (primary N) is 1. The van der Waals surface area contributed by atoms with E-state index in [-0.39, 0.29) is 5.82 Å². The van der Waals surface area contributed by atoms with Crippen molar-refractivity contribution in [1.82, 2.24) is 9.78 Å². The molecule has 0 aliphatic rings. The lowest BCUT2D eigenvalue weighted by molar-refractivity contribution is 0.634. The van der Waals surface area contributed by atoms with Crippen LogP contribution < -0.4 is 5.73 Å². The molecule has 2 N–H and O–H groups in total. The van der Waals surface area contributed by atoms with Crippen molar-refractivity contribution >= 4 is 33.1 Å². The lowest BCUT2D eigenvalue weighted by Crippen LogP contribution is -1.97. The van der Waals surface area contributed by atoms with E-state index < -0.39 is 5.82 Å². The molecular formula is C8H7BrFN3S. The highest BCUT2D eigenvalue weighted by Crippen LogP contribution is 2.33. The summed E-state index contributed by atoms with van der Waals surface area (Å²) in [5.41, 5.74) is 5.77. The number of aromatic nitrogens is 2. The highest BCUT2D eigenvalue weighted by Gasteiger charge is 2.16. The number of thiophene rings is 1. The van der Waals surface area contributed by atoms with Crippen LogP contribution in [0.3, 0.4) is 0 Å². The summed E-state index contributed by atoms with van der Waals surface area (Å²) in [6, 6.07) is 3.66. The fraction of sp³-hybridized carbons (Fsp3) is 0.125. The van der Waals surface area contributed by atoms with Crippen molar-refractivity contribution in [2.75, 3.05) is 5.73 Å². The Labute approximate surface area is 92.5 Å². The summed E-state index contributed by atoms with van der Waals surface area (Å²) < 4.78 is 15.8. The number of anilines is 1. The number of rotatable bonds is 1. The molecule has 0 bridgehead atoms. The van der Waals surface area contributed by atoms with E-state index in [4.69, 9.17) is 5.73 Å². The molecule has 2 rings (SSSR count). The fourth-order valence-electron chi connectivity index (χ4n) is 1.11. The number of nitrogen functional groups attached to an aromatic ring is 1. The van der Waals surface area contributed by atoms with E-state index in [0.717, 1.165) is 8.66 Å². The third kappa shape index (κ3) is 1.44. The maximum Gasteiger partial charge on any atom is 0.193 e. The van der Waals surface area contributed by atoms with Crippen LogP contribution in [0.2, 0.25) is 0 Å². The quantitative estimate of drug-likeness (QED) is 0.870. The van der Waals surface area contributed by atoms with E-state index in [1.165, 1.54) is 16.0 Å². The second-order valence-electron chi connectivity index (χ2n) is 2.78. The number of hydrogen-bond donors (Lipinski definition) is 1. The van der Waals surface area contributed by atoms with Crippen LogP contribution >= 0.6 is 27.3 Å². The first-order valence-electron chi connectivity index (χ1n) is 3.83. The molecule has 14 heavy (non-hydrogen) atoms. The van der Waals surface area contributed by atoms with Gasteiger partial charge in [-0.15, -0.1) is 11.3 Å². The molecule has 0 aromatic carbocycles. The summed E-state index contributed by atoms with van der Waals surface area (Å²) in [6.07, 6.45) is 0. The Balaban J connectivity index is 2.57. The fourth-order valence-corrected chi connectivity index (χ4v) is 2.47. The van der Waals surface area contributed by atoms with Gasteiger partial charge >= 0.3 is 0 Å². The molecule has 6 heteroatoms. The van der Waals surface area contributed by atoms with Crippen molar-refractivity contribution in [3.05, 3.63) is 21.7 Å². The third-order valence-electron chi connectivity index (χ3n) is 1.84. The molecule has 0 amide bonds. The third-order valence-corrected chi connectivity index (χ3v) is 3.47. The summed E-state index contributed by atoms with van der Waals surface area (Å²) >= 11 is 4.73. The van der Waals surface area contributed by atoms with Crippen LogP contribution in [0.4, 0.5) is 10.2 Å². The minimum atomic E-state index is -0.457. The Morgan fingerprint density at radius 3 is 2.71 bits per heavy atom. The molecule has 2 aromatic heterocycles. The first-order chi connectivity index (χ1) is 6.59. The SMILES string of the molecule is Cn1nc(-c2ccc(Br)s2)c(F)c1N. The van der Waals surface area contributed by atoms with E-state index in [1.54, 1.807) is 13.1 Å². The average Bonchev–Trinajstić information content (AvgIpc) is 2.66. The molecule has 0 unspecified atom stereocenters. The van der Waals surface area contributed by atoms with Gasteiger partial charge in [0.15, 0.2) is 11.6 Å². The van der Waals surface area contributed by atoms with Crippen molar-refractivity contribution in [2.24, 2.45) is 7.05 Å². The zero-order valence-corrected chi connectivity index (χ0v) is 9.69. The smallest absolute Gasteiger partial charge is 0.193 e. The molecule has 3 nitrogen and oxygen atoms in total. The van der Waals surface area contributed by atoms with Crippen molar-refractivity contribution < 1.29 is 4.39 Å². The average molecular weight is 276 g/mol. The molecule has 0 saturated heterocycles. The van der Waals surface area contributed by atoms with Crippen LogP contribution in [-0.4, -0.2) is 9.78 Å². The normalized spacial score (nSPS) is 10.8. The number of hydrogen-bond acceptors (Lipinski definition) is 3. The van der Waals surface area contributed by atoms with E-state index in [1.807, 2.05) is 6.07 Å². The van der Waals surface area contributed by atoms with E-state index >= 15 is 0 Å². The molecule has 74 valence electrons. The first kappa shape index (κ1) is 9.67. The van der Waals surface area contributed by atoms with Gasteiger partial charge in [-0.2, -0.15) is 5.10 Å². The van der Waals surface area contributed by atoms with Crippen molar-refractivity contribution in [2.45, 2.75) is 0 Å². The zero-order chi connectivity index (χ0) is 10.3. The second kappa shape index (κ2) is 3.36. The number of halogens is 2. The lowest BCUT2D eigenvalue weighted by atomic mass is 10.3. The maximum absolute atomic E-state index is 13.5. The van der Waals surface area contributed by atoms with Crippen molar-refractivity contribution in [1.29, 1.82) is 0 Å². The largest absolute Gasteiger partial charge is 0.381 e. The molecule has 0 fully saturated rings. The highest BCUT2D eigenvalue weighted by atomic mass is 79.9. The van der Waals surface area contributed by atoms with Crippen LogP contribution in [0.15, 0.2) is 15.9 Å². The first-order valence-corrected chi connectivity index (χ1v) is 5.44. The Morgan fingerprint density at radius 2 is 2.29 bits per heavy atom. The van der Waals surface area contributed by atoms with Gasteiger partial charge in [0.1, 0.15) is 5.69 Å². The summed E-state index contributed by atoms with van der Waals surface area (Å²) in [5.74, 6) is -0.397. The topological polar surface area (TPSA) is 43.8 Å². The van der Waals surface area contributed by atoms with Gasteiger partial charge in [0, 0.05) is 7.05 Å². The zero-order valence-electron chi connectivity index (χ0n) is 7.29. The molecule has 2 heterocycles. The highest BCUT2D eigenvalue weighted by molar-refractivity contribution is 9.11. The van der Waals surface area contributed by atoms with Gasteiger partial charge < -0.3 is 5.73 Å². The molecule has 0 radical (unpaired) electrons. The molecule has 0 atom stereocenters. The van der Waals surface area contributed by atoms with Gasteiger partial charge in [0.2, 0.25) is 0 Å². The van der Waals surface area contributed by atoms with Crippen LogP contribution in [-0.2, 0) is 7.05 Å². The molecular weight excluding hydrogens is 269 g/mol. The molecule has 2 aromatic rings.